The normalized spacial score (nSPS) is 17.6. The summed E-state index contributed by atoms with van der Waals surface area (Å²) in [5, 5.41) is 0.683. The molecule has 3 nitrogen and oxygen atoms in total. The molecule has 0 saturated heterocycles. The summed E-state index contributed by atoms with van der Waals surface area (Å²) < 4.78 is 5.26. The molecule has 0 aromatic heterocycles. The molecule has 0 aliphatic carbocycles. The highest BCUT2D eigenvalue weighted by atomic mass is 35.5. The lowest BCUT2D eigenvalue weighted by Crippen LogP contribution is -2.29. The average Bonchev–Trinajstić information content (AvgIpc) is 2.82. The van der Waals surface area contributed by atoms with Gasteiger partial charge in [-0.05, 0) is 42.3 Å². The molecule has 1 aliphatic heterocycles. The Labute approximate surface area is 134 Å². The van der Waals surface area contributed by atoms with Crippen molar-refractivity contribution in [2.45, 2.75) is 13.0 Å². The first-order chi connectivity index (χ1) is 10.6. The van der Waals surface area contributed by atoms with Crippen molar-refractivity contribution in [3.05, 3.63) is 70.8 Å². The molecule has 0 spiro atoms. The van der Waals surface area contributed by atoms with Gasteiger partial charge in [-0.25, -0.2) is 0 Å². The summed E-state index contributed by atoms with van der Waals surface area (Å²) >= 11 is 5.96. The van der Waals surface area contributed by atoms with Crippen molar-refractivity contribution in [2.75, 3.05) is 12.0 Å². The molecule has 3 rings (SSSR count). The van der Waals surface area contributed by atoms with Gasteiger partial charge in [-0.15, -0.1) is 0 Å². The number of methoxy groups -OCH3 is 1. The third-order valence-corrected chi connectivity index (χ3v) is 4.05. The van der Waals surface area contributed by atoms with E-state index in [4.69, 9.17) is 16.3 Å². The molecule has 0 unspecified atom stereocenters. The summed E-state index contributed by atoms with van der Waals surface area (Å²) in [5.74, 6) is 0.704. The number of hydrogen-bond acceptors (Lipinski definition) is 2. The summed E-state index contributed by atoms with van der Waals surface area (Å²) in [5.41, 5.74) is 2.86. The number of nitrogens with zero attached hydrogens (tertiary/aromatic N) is 1. The SMILES string of the molecule is COc1cccc(N2C(=O)C=C(C)[C@H]2c2ccc(Cl)cc2)c1. The van der Waals surface area contributed by atoms with Crippen molar-refractivity contribution in [3.8, 4) is 5.75 Å². The maximum absolute atomic E-state index is 12.4. The van der Waals surface area contributed by atoms with Gasteiger partial charge in [-0.2, -0.15) is 0 Å². The highest BCUT2D eigenvalue weighted by Gasteiger charge is 2.33. The molecule has 0 bridgehead atoms. The number of carbonyl (C=O) groups is 1. The van der Waals surface area contributed by atoms with Gasteiger partial charge in [0.25, 0.3) is 5.91 Å². The molecule has 1 heterocycles. The molecule has 1 atom stereocenters. The van der Waals surface area contributed by atoms with E-state index in [2.05, 4.69) is 0 Å². The second-order valence-electron chi connectivity index (χ2n) is 5.25. The number of benzene rings is 2. The van der Waals surface area contributed by atoms with Crippen LogP contribution in [-0.4, -0.2) is 13.0 Å². The van der Waals surface area contributed by atoms with Crippen LogP contribution in [0.15, 0.2) is 60.2 Å². The van der Waals surface area contributed by atoms with Crippen LogP contribution in [-0.2, 0) is 4.79 Å². The van der Waals surface area contributed by atoms with E-state index in [-0.39, 0.29) is 11.9 Å². The molecule has 112 valence electrons. The fourth-order valence-electron chi connectivity index (χ4n) is 2.77. The van der Waals surface area contributed by atoms with Crippen molar-refractivity contribution >= 4 is 23.2 Å². The molecular formula is C18H16ClNO2. The summed E-state index contributed by atoms with van der Waals surface area (Å²) in [6, 6.07) is 15.0. The van der Waals surface area contributed by atoms with Crippen LogP contribution in [0.5, 0.6) is 5.75 Å². The van der Waals surface area contributed by atoms with Crippen LogP contribution in [0.1, 0.15) is 18.5 Å². The molecule has 2 aromatic rings. The molecular weight excluding hydrogens is 298 g/mol. The molecule has 1 aliphatic rings. The lowest BCUT2D eigenvalue weighted by atomic mass is 10.0. The van der Waals surface area contributed by atoms with Crippen LogP contribution >= 0.6 is 11.6 Å². The van der Waals surface area contributed by atoms with Crippen LogP contribution in [0, 0.1) is 0 Å². The molecule has 22 heavy (non-hydrogen) atoms. The molecule has 1 amide bonds. The van der Waals surface area contributed by atoms with Crippen molar-refractivity contribution in [2.24, 2.45) is 0 Å². The van der Waals surface area contributed by atoms with Gasteiger partial charge in [0.15, 0.2) is 0 Å². The summed E-state index contributed by atoms with van der Waals surface area (Å²) in [6.07, 6.45) is 1.68. The second kappa shape index (κ2) is 5.85. The Hall–Kier alpha value is -2.26. The average molecular weight is 314 g/mol. The number of halogens is 1. The minimum Gasteiger partial charge on any atom is -0.497 e. The van der Waals surface area contributed by atoms with E-state index in [1.807, 2.05) is 55.5 Å². The fourth-order valence-corrected chi connectivity index (χ4v) is 2.89. The third-order valence-electron chi connectivity index (χ3n) is 3.80. The van der Waals surface area contributed by atoms with Gasteiger partial charge in [0.2, 0.25) is 0 Å². The first kappa shape index (κ1) is 14.7. The van der Waals surface area contributed by atoms with Gasteiger partial charge in [0.05, 0.1) is 13.2 Å². The third kappa shape index (κ3) is 2.60. The zero-order valence-corrected chi connectivity index (χ0v) is 13.2. The fraction of sp³-hybridized carbons (Fsp3) is 0.167. The minimum absolute atomic E-state index is 0.0225. The summed E-state index contributed by atoms with van der Waals surface area (Å²) in [6.45, 7) is 1.97. The Morgan fingerprint density at radius 3 is 2.55 bits per heavy atom. The Bertz CT molecular complexity index is 737. The van der Waals surface area contributed by atoms with Gasteiger partial charge in [-0.1, -0.05) is 29.8 Å². The predicted octanol–water partition coefficient (Wildman–Crippen LogP) is 4.38. The molecule has 2 aromatic carbocycles. The number of hydrogen-bond donors (Lipinski definition) is 0. The van der Waals surface area contributed by atoms with Crippen molar-refractivity contribution in [1.29, 1.82) is 0 Å². The first-order valence-corrected chi connectivity index (χ1v) is 7.39. The largest absolute Gasteiger partial charge is 0.497 e. The monoisotopic (exact) mass is 313 g/mol. The van der Waals surface area contributed by atoms with E-state index in [9.17, 15) is 4.79 Å². The van der Waals surface area contributed by atoms with E-state index < -0.39 is 0 Å². The maximum Gasteiger partial charge on any atom is 0.251 e. The van der Waals surface area contributed by atoms with Gasteiger partial charge >= 0.3 is 0 Å². The number of ether oxygens (including phenoxy) is 1. The molecule has 0 N–H and O–H groups in total. The Kier molecular flexibility index (Phi) is 3.90. The number of anilines is 1. The molecule has 0 fully saturated rings. The van der Waals surface area contributed by atoms with Crippen LogP contribution < -0.4 is 9.64 Å². The van der Waals surface area contributed by atoms with E-state index in [0.29, 0.717) is 5.02 Å². The van der Waals surface area contributed by atoms with E-state index in [1.54, 1.807) is 18.1 Å². The Morgan fingerprint density at radius 1 is 1.14 bits per heavy atom. The second-order valence-corrected chi connectivity index (χ2v) is 5.69. The molecule has 0 saturated carbocycles. The minimum atomic E-state index is -0.114. The lowest BCUT2D eigenvalue weighted by molar-refractivity contribution is -0.113. The smallest absolute Gasteiger partial charge is 0.251 e. The zero-order valence-electron chi connectivity index (χ0n) is 12.4. The van der Waals surface area contributed by atoms with Gasteiger partial charge < -0.3 is 4.74 Å². The van der Waals surface area contributed by atoms with E-state index >= 15 is 0 Å². The molecule has 0 radical (unpaired) electrons. The number of amides is 1. The quantitative estimate of drug-likeness (QED) is 0.841. The Morgan fingerprint density at radius 2 is 1.86 bits per heavy atom. The van der Waals surface area contributed by atoms with Crippen molar-refractivity contribution in [1.82, 2.24) is 0 Å². The highest BCUT2D eigenvalue weighted by Crippen LogP contribution is 2.38. The maximum atomic E-state index is 12.4. The van der Waals surface area contributed by atoms with Crippen LogP contribution in [0.3, 0.4) is 0 Å². The van der Waals surface area contributed by atoms with E-state index in [0.717, 1.165) is 22.6 Å². The van der Waals surface area contributed by atoms with Gasteiger partial charge in [-0.3, -0.25) is 9.69 Å². The topological polar surface area (TPSA) is 29.5 Å². The highest BCUT2D eigenvalue weighted by molar-refractivity contribution is 6.30. The number of carbonyl (C=O) groups excluding carboxylic acids is 1. The lowest BCUT2D eigenvalue weighted by Gasteiger charge is -2.27. The van der Waals surface area contributed by atoms with Crippen molar-refractivity contribution in [3.63, 3.8) is 0 Å². The van der Waals surface area contributed by atoms with Crippen molar-refractivity contribution < 1.29 is 9.53 Å². The van der Waals surface area contributed by atoms with Crippen LogP contribution in [0.25, 0.3) is 0 Å². The summed E-state index contributed by atoms with van der Waals surface area (Å²) in [4.78, 5) is 14.2. The van der Waals surface area contributed by atoms with Gasteiger partial charge in [0.1, 0.15) is 5.75 Å². The van der Waals surface area contributed by atoms with Crippen LogP contribution in [0.4, 0.5) is 5.69 Å². The summed E-state index contributed by atoms with van der Waals surface area (Å²) in [7, 11) is 1.62. The Balaban J connectivity index is 2.04. The zero-order chi connectivity index (χ0) is 15.7. The first-order valence-electron chi connectivity index (χ1n) is 7.01. The van der Waals surface area contributed by atoms with Crippen LogP contribution in [0.2, 0.25) is 5.02 Å². The van der Waals surface area contributed by atoms with Gasteiger partial charge in [0, 0.05) is 22.9 Å². The predicted molar refractivity (Wildman–Crippen MR) is 88.4 cm³/mol. The van der Waals surface area contributed by atoms with E-state index in [1.165, 1.54) is 0 Å². The number of rotatable bonds is 3. The molecule has 4 heteroatoms. The standard InChI is InChI=1S/C18H16ClNO2/c1-12-10-17(21)20(15-4-3-5-16(11-15)22-2)18(12)13-6-8-14(19)9-7-13/h3-11,18H,1-2H3/t18-/m0/s1.